The van der Waals surface area contributed by atoms with Gasteiger partial charge in [0.2, 0.25) is 0 Å². The van der Waals surface area contributed by atoms with Crippen LogP contribution >= 0.6 is 22.7 Å². The molecule has 1 N–H and O–H groups in total. The summed E-state index contributed by atoms with van der Waals surface area (Å²) in [4.78, 5) is 35.4. The van der Waals surface area contributed by atoms with Gasteiger partial charge in [-0.05, 0) is 60.4 Å². The molecule has 1 atom stereocenters. The zero-order chi connectivity index (χ0) is 21.5. The summed E-state index contributed by atoms with van der Waals surface area (Å²) in [7, 11) is 1.51. The number of rotatable bonds is 4. The lowest BCUT2D eigenvalue weighted by atomic mass is 9.89. The molecule has 0 saturated heterocycles. The van der Waals surface area contributed by atoms with E-state index in [4.69, 9.17) is 14.5 Å². The number of benzene rings is 1. The first-order valence-corrected chi connectivity index (χ1v) is 11.7. The summed E-state index contributed by atoms with van der Waals surface area (Å²) in [5.41, 5.74) is 1.73. The predicted molar refractivity (Wildman–Crippen MR) is 123 cm³/mol. The van der Waals surface area contributed by atoms with Gasteiger partial charge in [-0.1, -0.05) is 13.0 Å². The molecule has 1 aliphatic carbocycles. The van der Waals surface area contributed by atoms with Crippen molar-refractivity contribution in [2.24, 2.45) is 5.92 Å². The molecule has 1 unspecified atom stereocenters. The number of carbonyl (C=O) groups excluding carboxylic acids is 1. The molecular weight excluding hydrogens is 432 g/mol. The summed E-state index contributed by atoms with van der Waals surface area (Å²) in [6.45, 7) is 2.25. The van der Waals surface area contributed by atoms with Crippen LogP contribution in [0.2, 0.25) is 0 Å². The van der Waals surface area contributed by atoms with Crippen molar-refractivity contribution in [3.63, 3.8) is 0 Å². The Morgan fingerprint density at radius 2 is 2.13 bits per heavy atom. The molecule has 6 nitrogen and oxygen atoms in total. The Morgan fingerprint density at radius 3 is 2.90 bits per heavy atom. The third kappa shape index (κ3) is 3.66. The average molecular weight is 453 g/mol. The van der Waals surface area contributed by atoms with Gasteiger partial charge in [0, 0.05) is 10.4 Å². The third-order valence-corrected chi connectivity index (χ3v) is 7.53. The lowest BCUT2D eigenvalue weighted by Crippen LogP contribution is -2.13. The number of nitrogens with zero attached hydrogens (tertiary/aromatic N) is 1. The van der Waals surface area contributed by atoms with Gasteiger partial charge >= 0.3 is 5.97 Å². The highest BCUT2D eigenvalue weighted by atomic mass is 32.1. The second kappa shape index (κ2) is 7.94. The molecule has 5 rings (SSSR count). The number of carbonyl (C=O) groups is 1. The Bertz CT molecular complexity index is 1340. The largest absolute Gasteiger partial charge is 0.493 e. The van der Waals surface area contributed by atoms with Gasteiger partial charge in [-0.15, -0.1) is 22.7 Å². The van der Waals surface area contributed by atoms with Gasteiger partial charge in [0.1, 0.15) is 15.5 Å². The molecule has 1 aliphatic rings. The van der Waals surface area contributed by atoms with E-state index in [1.165, 1.54) is 23.3 Å². The van der Waals surface area contributed by atoms with Crippen LogP contribution in [0.3, 0.4) is 0 Å². The highest BCUT2D eigenvalue weighted by Crippen LogP contribution is 2.37. The van der Waals surface area contributed by atoms with Crippen LogP contribution in [-0.4, -0.2) is 23.0 Å². The summed E-state index contributed by atoms with van der Waals surface area (Å²) in [5, 5.41) is 2.54. The molecule has 1 aromatic carbocycles. The van der Waals surface area contributed by atoms with Crippen molar-refractivity contribution in [2.75, 3.05) is 7.11 Å². The number of aromatic nitrogens is 2. The van der Waals surface area contributed by atoms with Gasteiger partial charge < -0.3 is 14.5 Å². The molecule has 3 aromatic heterocycles. The molecule has 0 spiro atoms. The van der Waals surface area contributed by atoms with E-state index in [2.05, 4.69) is 11.9 Å². The number of aryl methyl sites for hydroxylation is 1. The lowest BCUT2D eigenvalue weighted by molar-refractivity contribution is 0.0735. The smallest absolute Gasteiger partial charge is 0.353 e. The Balaban J connectivity index is 1.51. The molecule has 4 aromatic rings. The molecule has 0 fully saturated rings. The fourth-order valence-corrected chi connectivity index (χ4v) is 5.91. The Morgan fingerprint density at radius 1 is 1.26 bits per heavy atom. The Hall–Kier alpha value is -2.97. The number of hydrogen-bond donors (Lipinski definition) is 1. The van der Waals surface area contributed by atoms with Crippen LogP contribution in [0.1, 0.15) is 33.5 Å². The van der Waals surface area contributed by atoms with E-state index >= 15 is 0 Å². The number of aromatic amines is 1. The quantitative estimate of drug-likeness (QED) is 0.346. The van der Waals surface area contributed by atoms with Crippen LogP contribution in [0.5, 0.6) is 11.5 Å². The van der Waals surface area contributed by atoms with Crippen molar-refractivity contribution in [3.05, 3.63) is 61.4 Å². The van der Waals surface area contributed by atoms with E-state index in [9.17, 15) is 9.59 Å². The van der Waals surface area contributed by atoms with Crippen molar-refractivity contribution in [1.29, 1.82) is 0 Å². The second-order valence-corrected chi connectivity index (χ2v) is 9.71. The van der Waals surface area contributed by atoms with Crippen LogP contribution in [0.25, 0.3) is 21.6 Å². The van der Waals surface area contributed by atoms with Crippen LogP contribution in [0, 0.1) is 5.92 Å². The van der Waals surface area contributed by atoms with E-state index in [-0.39, 0.29) is 5.56 Å². The van der Waals surface area contributed by atoms with Gasteiger partial charge in [0.05, 0.1) is 12.5 Å². The monoisotopic (exact) mass is 452 g/mol. The molecule has 31 heavy (non-hydrogen) atoms. The number of thiophene rings is 2. The lowest BCUT2D eigenvalue weighted by Gasteiger charge is -2.17. The van der Waals surface area contributed by atoms with E-state index in [1.807, 2.05) is 5.38 Å². The van der Waals surface area contributed by atoms with Crippen molar-refractivity contribution in [1.82, 2.24) is 9.97 Å². The maximum Gasteiger partial charge on any atom is 0.353 e. The molecule has 0 aliphatic heterocycles. The summed E-state index contributed by atoms with van der Waals surface area (Å²) in [6, 6.07) is 8.64. The number of hydrogen-bond acceptors (Lipinski definition) is 7. The summed E-state index contributed by atoms with van der Waals surface area (Å²) in [6.07, 6.45) is 3.03. The maximum absolute atomic E-state index is 12.9. The standard InChI is InChI=1S/C23H20N2O4S2/c1-12-5-7-14-18(10-12)31-22-19(14)21(26)24-20(25-22)13-6-8-15(16(11-13)28-2)29-23(27)17-4-3-9-30-17/h3-4,6,8-9,11-12H,5,7,10H2,1-2H3,(H,24,25,26). The Kier molecular flexibility index (Phi) is 5.11. The number of methoxy groups -OCH3 is 1. The summed E-state index contributed by atoms with van der Waals surface area (Å²) < 4.78 is 10.9. The zero-order valence-electron chi connectivity index (χ0n) is 17.1. The van der Waals surface area contributed by atoms with Gasteiger partial charge in [-0.25, -0.2) is 9.78 Å². The topological polar surface area (TPSA) is 81.3 Å². The van der Waals surface area contributed by atoms with Gasteiger partial charge in [-0.2, -0.15) is 0 Å². The average Bonchev–Trinajstić information content (AvgIpc) is 3.41. The van der Waals surface area contributed by atoms with Crippen LogP contribution in [0.15, 0.2) is 40.5 Å². The SMILES string of the molecule is COc1cc(-c2nc3sc4c(c3c(=O)[nH]2)CCC(C)C4)ccc1OC(=O)c1cccs1. The number of H-pyrrole nitrogens is 1. The number of esters is 1. The molecule has 3 heterocycles. The fraction of sp³-hybridized carbons (Fsp3) is 0.261. The van der Waals surface area contributed by atoms with E-state index in [1.54, 1.807) is 41.7 Å². The summed E-state index contributed by atoms with van der Waals surface area (Å²) >= 11 is 2.93. The minimum Gasteiger partial charge on any atom is -0.493 e. The molecule has 0 amide bonds. The first kappa shape index (κ1) is 20.0. The van der Waals surface area contributed by atoms with Crippen molar-refractivity contribution >= 4 is 38.9 Å². The zero-order valence-corrected chi connectivity index (χ0v) is 18.7. The van der Waals surface area contributed by atoms with E-state index < -0.39 is 5.97 Å². The summed E-state index contributed by atoms with van der Waals surface area (Å²) in [5.74, 6) is 1.37. The normalized spacial score (nSPS) is 15.6. The van der Waals surface area contributed by atoms with Crippen molar-refractivity contribution < 1.29 is 14.3 Å². The van der Waals surface area contributed by atoms with Crippen LogP contribution in [-0.2, 0) is 12.8 Å². The third-order valence-electron chi connectivity index (χ3n) is 5.53. The van der Waals surface area contributed by atoms with Gasteiger partial charge in [0.25, 0.3) is 5.56 Å². The molecule has 158 valence electrons. The number of nitrogens with one attached hydrogen (secondary N) is 1. The van der Waals surface area contributed by atoms with Crippen LogP contribution < -0.4 is 15.0 Å². The fourth-order valence-electron chi connectivity index (χ4n) is 3.93. The maximum atomic E-state index is 12.9. The second-order valence-electron chi connectivity index (χ2n) is 7.68. The van der Waals surface area contributed by atoms with Gasteiger partial charge in [0.15, 0.2) is 11.5 Å². The molecule has 8 heteroatoms. The molecule has 0 radical (unpaired) electrons. The minimum atomic E-state index is -0.438. The number of fused-ring (bicyclic) bond motifs is 3. The first-order valence-electron chi connectivity index (χ1n) is 10.0. The first-order chi connectivity index (χ1) is 15.0. The van der Waals surface area contributed by atoms with Crippen LogP contribution in [0.4, 0.5) is 0 Å². The molecule has 0 saturated carbocycles. The minimum absolute atomic E-state index is 0.112. The Labute approximate surface area is 186 Å². The number of ether oxygens (including phenoxy) is 2. The van der Waals surface area contributed by atoms with E-state index in [0.717, 1.165) is 35.0 Å². The van der Waals surface area contributed by atoms with Gasteiger partial charge in [-0.3, -0.25) is 4.79 Å². The molecular formula is C23H20N2O4S2. The highest BCUT2D eigenvalue weighted by Gasteiger charge is 2.23. The van der Waals surface area contributed by atoms with Crippen molar-refractivity contribution in [2.45, 2.75) is 26.2 Å². The van der Waals surface area contributed by atoms with Crippen molar-refractivity contribution in [3.8, 4) is 22.9 Å². The van der Waals surface area contributed by atoms with E-state index in [0.29, 0.717) is 33.7 Å². The predicted octanol–water partition coefficient (Wildman–Crippen LogP) is 5.07. The highest BCUT2D eigenvalue weighted by molar-refractivity contribution is 7.18. The molecule has 0 bridgehead atoms.